The van der Waals surface area contributed by atoms with Crippen LogP contribution in [0.15, 0.2) is 56.6 Å². The molecule has 24 heavy (non-hydrogen) atoms. The maximum atomic E-state index is 12.4. The third kappa shape index (κ3) is 3.88. The molecule has 1 aromatic carbocycles. The summed E-state index contributed by atoms with van der Waals surface area (Å²) in [5.74, 6) is 0.252. The zero-order valence-corrected chi connectivity index (χ0v) is 15.5. The topological polar surface area (TPSA) is 76.9 Å². The number of fused-ring (bicyclic) bond motifs is 1. The summed E-state index contributed by atoms with van der Waals surface area (Å²) in [7, 11) is 0. The van der Waals surface area contributed by atoms with E-state index in [1.807, 2.05) is 6.07 Å². The lowest BCUT2D eigenvalue weighted by Crippen LogP contribution is -2.23. The molecular formula is C16H12Br2N4O2. The maximum Gasteiger partial charge on any atom is 0.261 e. The van der Waals surface area contributed by atoms with Crippen molar-refractivity contribution in [2.75, 3.05) is 5.32 Å². The third-order valence-corrected chi connectivity index (χ3v) is 4.32. The molecule has 0 saturated carbocycles. The summed E-state index contributed by atoms with van der Waals surface area (Å²) in [5, 5.41) is 3.21. The fourth-order valence-corrected chi connectivity index (χ4v) is 2.76. The highest BCUT2D eigenvalue weighted by Crippen LogP contribution is 2.15. The number of hydrogen-bond acceptors (Lipinski definition) is 4. The van der Waals surface area contributed by atoms with Gasteiger partial charge in [0.15, 0.2) is 0 Å². The first-order valence-corrected chi connectivity index (χ1v) is 8.67. The number of hydrogen-bond donors (Lipinski definition) is 1. The van der Waals surface area contributed by atoms with Gasteiger partial charge in [0.25, 0.3) is 5.56 Å². The van der Waals surface area contributed by atoms with E-state index in [0.29, 0.717) is 16.7 Å². The van der Waals surface area contributed by atoms with Gasteiger partial charge in [-0.05, 0) is 46.3 Å². The molecule has 0 aliphatic carbocycles. The molecule has 2 aromatic heterocycles. The second-order valence-electron chi connectivity index (χ2n) is 5.06. The van der Waals surface area contributed by atoms with Gasteiger partial charge in [0.05, 0.1) is 17.2 Å². The second kappa shape index (κ2) is 7.23. The van der Waals surface area contributed by atoms with Crippen LogP contribution in [0.1, 0.15) is 6.42 Å². The smallest absolute Gasteiger partial charge is 0.261 e. The van der Waals surface area contributed by atoms with Crippen molar-refractivity contribution < 1.29 is 4.79 Å². The van der Waals surface area contributed by atoms with Gasteiger partial charge in [0.2, 0.25) is 5.91 Å². The minimum absolute atomic E-state index is 0.152. The normalized spacial score (nSPS) is 10.8. The Labute approximate surface area is 154 Å². The number of amides is 1. The molecule has 0 atom stereocenters. The minimum Gasteiger partial charge on any atom is -0.311 e. The average molecular weight is 452 g/mol. The van der Waals surface area contributed by atoms with Gasteiger partial charge in [-0.15, -0.1) is 0 Å². The number of carbonyl (C=O) groups excluding carboxylic acids is 1. The summed E-state index contributed by atoms with van der Waals surface area (Å²) in [6, 6.07) is 8.82. The predicted octanol–water partition coefficient (Wildman–Crippen LogP) is 3.35. The quantitative estimate of drug-likeness (QED) is 0.659. The Hall–Kier alpha value is -2.06. The van der Waals surface area contributed by atoms with Crippen molar-refractivity contribution in [1.82, 2.24) is 14.5 Å². The van der Waals surface area contributed by atoms with Crippen LogP contribution < -0.4 is 10.9 Å². The molecule has 0 bridgehead atoms. The highest BCUT2D eigenvalue weighted by molar-refractivity contribution is 9.10. The molecule has 0 aliphatic rings. The van der Waals surface area contributed by atoms with E-state index in [4.69, 9.17) is 0 Å². The van der Waals surface area contributed by atoms with Gasteiger partial charge in [0.1, 0.15) is 5.82 Å². The molecule has 122 valence electrons. The summed E-state index contributed by atoms with van der Waals surface area (Å²) in [6.07, 6.45) is 3.22. The van der Waals surface area contributed by atoms with Gasteiger partial charge in [-0.3, -0.25) is 14.2 Å². The van der Waals surface area contributed by atoms with E-state index >= 15 is 0 Å². The maximum absolute atomic E-state index is 12.4. The van der Waals surface area contributed by atoms with Crippen LogP contribution in [-0.2, 0) is 11.3 Å². The summed E-state index contributed by atoms with van der Waals surface area (Å²) in [5.41, 5.74) is 0.457. The fraction of sp³-hybridized carbons (Fsp3) is 0.125. The number of benzene rings is 1. The van der Waals surface area contributed by atoms with Crippen LogP contribution in [0.4, 0.5) is 5.82 Å². The highest BCUT2D eigenvalue weighted by atomic mass is 79.9. The number of anilines is 1. The lowest BCUT2D eigenvalue weighted by atomic mass is 10.2. The Bertz CT molecular complexity index is 954. The van der Waals surface area contributed by atoms with Gasteiger partial charge in [-0.2, -0.15) is 0 Å². The van der Waals surface area contributed by atoms with Gasteiger partial charge >= 0.3 is 0 Å². The summed E-state index contributed by atoms with van der Waals surface area (Å²) in [6.45, 7) is 0.247. The zero-order chi connectivity index (χ0) is 17.1. The molecule has 8 heteroatoms. The predicted molar refractivity (Wildman–Crippen MR) is 98.9 cm³/mol. The van der Waals surface area contributed by atoms with Crippen molar-refractivity contribution in [3.8, 4) is 0 Å². The van der Waals surface area contributed by atoms with Crippen molar-refractivity contribution in [1.29, 1.82) is 0 Å². The van der Waals surface area contributed by atoms with Crippen LogP contribution in [0, 0.1) is 0 Å². The number of nitrogens with one attached hydrogen (secondary N) is 1. The van der Waals surface area contributed by atoms with Crippen LogP contribution in [0.2, 0.25) is 0 Å². The molecule has 0 radical (unpaired) electrons. The van der Waals surface area contributed by atoms with Crippen molar-refractivity contribution in [3.05, 3.63) is 62.2 Å². The van der Waals surface area contributed by atoms with Crippen molar-refractivity contribution in [2.45, 2.75) is 13.0 Å². The third-order valence-electron chi connectivity index (χ3n) is 3.36. The van der Waals surface area contributed by atoms with Crippen LogP contribution in [0.25, 0.3) is 10.9 Å². The number of carbonyl (C=O) groups is 1. The first kappa shape index (κ1) is 16.8. The highest BCUT2D eigenvalue weighted by Gasteiger charge is 2.08. The van der Waals surface area contributed by atoms with Crippen LogP contribution >= 0.6 is 31.9 Å². The van der Waals surface area contributed by atoms with Crippen LogP contribution in [0.3, 0.4) is 0 Å². The number of aromatic nitrogens is 3. The number of nitrogens with zero attached hydrogens (tertiary/aromatic N) is 3. The van der Waals surface area contributed by atoms with Gasteiger partial charge in [0, 0.05) is 28.1 Å². The van der Waals surface area contributed by atoms with Gasteiger partial charge < -0.3 is 5.32 Å². The van der Waals surface area contributed by atoms with E-state index in [1.165, 1.54) is 10.9 Å². The molecule has 3 rings (SSSR count). The zero-order valence-electron chi connectivity index (χ0n) is 12.4. The summed E-state index contributed by atoms with van der Waals surface area (Å²) >= 11 is 6.63. The lowest BCUT2D eigenvalue weighted by molar-refractivity contribution is -0.116. The number of aryl methyl sites for hydroxylation is 1. The Morgan fingerprint density at radius 1 is 1.12 bits per heavy atom. The molecule has 0 saturated heterocycles. The number of halogens is 2. The average Bonchev–Trinajstić information content (AvgIpc) is 2.57. The standard InChI is InChI=1S/C16H12Br2N4O2/c17-10-1-3-13-12(7-10)16(24)22(9-20-13)6-5-15(23)21-14-4-2-11(18)8-19-14/h1-4,7-9H,5-6H2,(H,19,21,23). The van der Waals surface area contributed by atoms with Crippen molar-refractivity contribution >= 4 is 54.5 Å². The van der Waals surface area contributed by atoms with Gasteiger partial charge in [-0.25, -0.2) is 9.97 Å². The second-order valence-corrected chi connectivity index (χ2v) is 6.90. The molecule has 2 heterocycles. The molecule has 6 nitrogen and oxygen atoms in total. The first-order valence-electron chi connectivity index (χ1n) is 7.09. The van der Waals surface area contributed by atoms with E-state index < -0.39 is 0 Å². The SMILES string of the molecule is O=C(CCn1cnc2ccc(Br)cc2c1=O)Nc1ccc(Br)cn1. The molecule has 0 spiro atoms. The van der Waals surface area contributed by atoms with Gasteiger partial charge in [-0.1, -0.05) is 15.9 Å². The number of pyridine rings is 1. The van der Waals surface area contributed by atoms with Crippen LogP contribution in [0.5, 0.6) is 0 Å². The molecule has 1 amide bonds. The Kier molecular flexibility index (Phi) is 5.06. The largest absolute Gasteiger partial charge is 0.311 e. The van der Waals surface area contributed by atoms with E-state index in [-0.39, 0.29) is 24.4 Å². The Morgan fingerprint density at radius 3 is 2.67 bits per heavy atom. The Balaban J connectivity index is 1.71. The van der Waals surface area contributed by atoms with Crippen LogP contribution in [-0.4, -0.2) is 20.4 Å². The molecular weight excluding hydrogens is 440 g/mol. The number of rotatable bonds is 4. The fourth-order valence-electron chi connectivity index (χ4n) is 2.17. The van der Waals surface area contributed by atoms with E-state index in [9.17, 15) is 9.59 Å². The Morgan fingerprint density at radius 2 is 1.92 bits per heavy atom. The molecule has 0 unspecified atom stereocenters. The minimum atomic E-state index is -0.217. The monoisotopic (exact) mass is 450 g/mol. The van der Waals surface area contributed by atoms with Crippen molar-refractivity contribution in [2.24, 2.45) is 0 Å². The van der Waals surface area contributed by atoms with E-state index in [2.05, 4.69) is 47.1 Å². The summed E-state index contributed by atoms with van der Waals surface area (Å²) in [4.78, 5) is 32.8. The molecule has 3 aromatic rings. The molecule has 1 N–H and O–H groups in total. The van der Waals surface area contributed by atoms with E-state index in [0.717, 1.165) is 8.95 Å². The lowest BCUT2D eigenvalue weighted by Gasteiger charge is -2.07. The molecule has 0 aliphatic heterocycles. The van der Waals surface area contributed by atoms with Crippen molar-refractivity contribution in [3.63, 3.8) is 0 Å². The summed E-state index contributed by atoms with van der Waals surface area (Å²) < 4.78 is 3.08. The molecule has 0 fully saturated rings. The van der Waals surface area contributed by atoms with E-state index in [1.54, 1.807) is 30.5 Å². The first-order chi connectivity index (χ1) is 11.5.